The van der Waals surface area contributed by atoms with Crippen LogP contribution in [0.1, 0.15) is 22.8 Å². The van der Waals surface area contributed by atoms with Crippen molar-refractivity contribution in [1.82, 2.24) is 5.32 Å². The lowest BCUT2D eigenvalue weighted by Crippen LogP contribution is -2.26. The Morgan fingerprint density at radius 3 is 2.32 bits per heavy atom. The van der Waals surface area contributed by atoms with Gasteiger partial charge in [-0.15, -0.1) is 0 Å². The molecule has 8 nitrogen and oxygen atoms in total. The summed E-state index contributed by atoms with van der Waals surface area (Å²) >= 11 is 0. The Morgan fingerprint density at radius 2 is 1.65 bits per heavy atom. The summed E-state index contributed by atoms with van der Waals surface area (Å²) in [6, 6.07) is 17.9. The van der Waals surface area contributed by atoms with Gasteiger partial charge < -0.3 is 19.5 Å². The average Bonchev–Trinajstić information content (AvgIpc) is 2.85. The molecule has 0 aliphatic rings. The average molecular weight is 485 g/mol. The third-order valence-corrected chi connectivity index (χ3v) is 6.37. The van der Waals surface area contributed by atoms with Gasteiger partial charge in [0.1, 0.15) is 17.2 Å². The summed E-state index contributed by atoms with van der Waals surface area (Å²) in [5.41, 5.74) is 1.52. The van der Waals surface area contributed by atoms with E-state index in [0.717, 1.165) is 5.56 Å². The first-order valence-electron chi connectivity index (χ1n) is 10.7. The molecule has 0 fully saturated rings. The molecule has 0 spiro atoms. The van der Waals surface area contributed by atoms with Gasteiger partial charge in [-0.1, -0.05) is 6.07 Å². The summed E-state index contributed by atoms with van der Waals surface area (Å²) in [5.74, 6) is 1.67. The number of ether oxygens (including phenoxy) is 3. The zero-order valence-electron chi connectivity index (χ0n) is 19.3. The number of anilines is 1. The predicted octanol–water partition coefficient (Wildman–Crippen LogP) is 3.88. The van der Waals surface area contributed by atoms with E-state index in [1.54, 1.807) is 50.6 Å². The molecule has 0 saturated heterocycles. The maximum Gasteiger partial charge on any atom is 0.261 e. The van der Waals surface area contributed by atoms with Crippen LogP contribution in [0.2, 0.25) is 0 Å². The van der Waals surface area contributed by atoms with Crippen LogP contribution < -0.4 is 24.2 Å². The summed E-state index contributed by atoms with van der Waals surface area (Å²) in [6.45, 7) is 2.73. The minimum absolute atomic E-state index is 0.0106. The van der Waals surface area contributed by atoms with Crippen molar-refractivity contribution in [3.8, 4) is 17.2 Å². The fraction of sp³-hybridized carbons (Fsp3) is 0.240. The second-order valence-corrected chi connectivity index (χ2v) is 8.96. The Morgan fingerprint density at radius 1 is 0.912 bits per heavy atom. The molecule has 0 atom stereocenters. The van der Waals surface area contributed by atoms with Gasteiger partial charge in [-0.3, -0.25) is 9.52 Å². The van der Waals surface area contributed by atoms with Crippen molar-refractivity contribution in [1.29, 1.82) is 0 Å². The van der Waals surface area contributed by atoms with Gasteiger partial charge in [-0.25, -0.2) is 8.42 Å². The number of hydrogen-bond acceptors (Lipinski definition) is 6. The van der Waals surface area contributed by atoms with Gasteiger partial charge in [0.2, 0.25) is 0 Å². The quantitative estimate of drug-likeness (QED) is 0.428. The lowest BCUT2D eigenvalue weighted by Gasteiger charge is -2.12. The van der Waals surface area contributed by atoms with E-state index in [-0.39, 0.29) is 16.4 Å². The molecule has 0 bridgehead atoms. The van der Waals surface area contributed by atoms with Gasteiger partial charge >= 0.3 is 0 Å². The van der Waals surface area contributed by atoms with Crippen molar-refractivity contribution in [3.05, 3.63) is 77.9 Å². The van der Waals surface area contributed by atoms with E-state index in [0.29, 0.717) is 42.5 Å². The van der Waals surface area contributed by atoms with E-state index in [2.05, 4.69) is 10.0 Å². The summed E-state index contributed by atoms with van der Waals surface area (Å²) in [4.78, 5) is 12.6. The topological polar surface area (TPSA) is 103 Å². The van der Waals surface area contributed by atoms with Crippen LogP contribution in [-0.4, -0.2) is 41.7 Å². The molecule has 0 radical (unpaired) electrons. The maximum atomic E-state index is 12.8. The number of carbonyl (C=O) groups excluding carboxylic acids is 1. The van der Waals surface area contributed by atoms with Gasteiger partial charge in [0, 0.05) is 17.8 Å². The smallest absolute Gasteiger partial charge is 0.261 e. The van der Waals surface area contributed by atoms with Crippen molar-refractivity contribution in [3.63, 3.8) is 0 Å². The predicted molar refractivity (Wildman–Crippen MR) is 130 cm³/mol. The Balaban J connectivity index is 1.65. The molecule has 2 N–H and O–H groups in total. The molecule has 0 saturated carbocycles. The molecule has 3 aromatic rings. The third-order valence-electron chi connectivity index (χ3n) is 4.99. The van der Waals surface area contributed by atoms with Gasteiger partial charge in [-0.05, 0) is 79.6 Å². The van der Waals surface area contributed by atoms with E-state index in [1.165, 1.54) is 18.2 Å². The lowest BCUT2D eigenvalue weighted by molar-refractivity contribution is 0.0954. The molecule has 3 aromatic carbocycles. The van der Waals surface area contributed by atoms with Crippen LogP contribution in [0.5, 0.6) is 17.2 Å². The molecule has 0 aliphatic carbocycles. The molecule has 0 aliphatic heterocycles. The summed E-state index contributed by atoms with van der Waals surface area (Å²) < 4.78 is 44.1. The standard InChI is InChI=1S/C25H28N2O6S/c1-4-33-21-10-8-20(9-11-21)27-34(29,30)23-7-5-6-19(17-23)25(28)26-15-14-18-16-22(31-2)12-13-24(18)32-3/h5-13,16-17,27H,4,14-15H2,1-3H3,(H,26,28). The minimum Gasteiger partial charge on any atom is -0.497 e. The first kappa shape index (κ1) is 24.9. The van der Waals surface area contributed by atoms with Crippen molar-refractivity contribution in [2.75, 3.05) is 32.1 Å². The number of carbonyl (C=O) groups is 1. The zero-order valence-corrected chi connectivity index (χ0v) is 20.1. The number of nitrogens with one attached hydrogen (secondary N) is 2. The normalized spacial score (nSPS) is 10.9. The largest absolute Gasteiger partial charge is 0.497 e. The van der Waals surface area contributed by atoms with Crippen LogP contribution in [0, 0.1) is 0 Å². The summed E-state index contributed by atoms with van der Waals surface area (Å²) in [7, 11) is -0.713. The molecular formula is C25H28N2O6S. The number of hydrogen-bond donors (Lipinski definition) is 2. The lowest BCUT2D eigenvalue weighted by atomic mass is 10.1. The Hall–Kier alpha value is -3.72. The molecule has 3 rings (SSSR count). The number of amides is 1. The molecule has 0 aromatic heterocycles. The Kier molecular flexibility index (Phi) is 8.37. The van der Waals surface area contributed by atoms with Crippen molar-refractivity contribution >= 4 is 21.6 Å². The van der Waals surface area contributed by atoms with Gasteiger partial charge in [0.15, 0.2) is 0 Å². The van der Waals surface area contributed by atoms with Crippen LogP contribution in [0.25, 0.3) is 0 Å². The number of methoxy groups -OCH3 is 2. The van der Waals surface area contributed by atoms with Crippen LogP contribution in [0.3, 0.4) is 0 Å². The van der Waals surface area contributed by atoms with E-state index >= 15 is 0 Å². The molecule has 180 valence electrons. The summed E-state index contributed by atoms with van der Waals surface area (Å²) in [5, 5.41) is 2.82. The molecular weight excluding hydrogens is 456 g/mol. The fourth-order valence-electron chi connectivity index (χ4n) is 3.29. The van der Waals surface area contributed by atoms with Crippen molar-refractivity contribution in [2.24, 2.45) is 0 Å². The van der Waals surface area contributed by atoms with Crippen LogP contribution in [0.15, 0.2) is 71.6 Å². The SMILES string of the molecule is CCOc1ccc(NS(=O)(=O)c2cccc(C(=O)NCCc3cc(OC)ccc3OC)c2)cc1. The highest BCUT2D eigenvalue weighted by Crippen LogP contribution is 2.24. The molecule has 9 heteroatoms. The third kappa shape index (κ3) is 6.41. The fourth-order valence-corrected chi connectivity index (χ4v) is 4.40. The van der Waals surface area contributed by atoms with Crippen LogP contribution >= 0.6 is 0 Å². The summed E-state index contributed by atoms with van der Waals surface area (Å²) in [6.07, 6.45) is 0.517. The first-order chi connectivity index (χ1) is 16.4. The highest BCUT2D eigenvalue weighted by molar-refractivity contribution is 7.92. The van der Waals surface area contributed by atoms with E-state index in [9.17, 15) is 13.2 Å². The van der Waals surface area contributed by atoms with Crippen LogP contribution in [-0.2, 0) is 16.4 Å². The van der Waals surface area contributed by atoms with Gasteiger partial charge in [-0.2, -0.15) is 0 Å². The second-order valence-electron chi connectivity index (χ2n) is 7.27. The monoisotopic (exact) mass is 484 g/mol. The minimum atomic E-state index is -3.88. The second kappa shape index (κ2) is 11.4. The van der Waals surface area contributed by atoms with E-state index < -0.39 is 10.0 Å². The van der Waals surface area contributed by atoms with E-state index in [4.69, 9.17) is 14.2 Å². The van der Waals surface area contributed by atoms with Crippen LogP contribution in [0.4, 0.5) is 5.69 Å². The number of benzene rings is 3. The first-order valence-corrected chi connectivity index (χ1v) is 12.2. The maximum absolute atomic E-state index is 12.8. The van der Waals surface area contributed by atoms with Gasteiger partial charge in [0.05, 0.1) is 25.7 Å². The van der Waals surface area contributed by atoms with Gasteiger partial charge in [0.25, 0.3) is 15.9 Å². The zero-order chi connectivity index (χ0) is 24.6. The Labute approximate surface area is 199 Å². The highest BCUT2D eigenvalue weighted by atomic mass is 32.2. The molecule has 1 amide bonds. The van der Waals surface area contributed by atoms with E-state index in [1.807, 2.05) is 19.1 Å². The van der Waals surface area contributed by atoms with Crippen molar-refractivity contribution < 1.29 is 27.4 Å². The number of sulfonamides is 1. The Bertz CT molecular complexity index is 1230. The molecule has 0 unspecified atom stereocenters. The number of rotatable bonds is 11. The molecule has 34 heavy (non-hydrogen) atoms. The molecule has 0 heterocycles. The highest BCUT2D eigenvalue weighted by Gasteiger charge is 2.17. The van der Waals surface area contributed by atoms with Crippen molar-refractivity contribution in [2.45, 2.75) is 18.2 Å².